The van der Waals surface area contributed by atoms with Crippen molar-refractivity contribution in [3.05, 3.63) is 62.9 Å². The minimum Gasteiger partial charge on any atom is -0.481 e. The highest BCUT2D eigenvalue weighted by atomic mass is 32.2. The van der Waals surface area contributed by atoms with Crippen LogP contribution >= 0.6 is 0 Å². The lowest BCUT2D eigenvalue weighted by Crippen LogP contribution is -2.30. The van der Waals surface area contributed by atoms with Gasteiger partial charge in [-0.1, -0.05) is 18.1 Å². The molecule has 1 aromatic carbocycles. The number of sulfonamides is 1. The van der Waals surface area contributed by atoms with Gasteiger partial charge in [0.25, 0.3) is 5.56 Å². The summed E-state index contributed by atoms with van der Waals surface area (Å²) in [5.74, 6) is 2.81. The van der Waals surface area contributed by atoms with Crippen molar-refractivity contribution in [2.45, 2.75) is 26.1 Å². The quantitative estimate of drug-likeness (QED) is 0.405. The van der Waals surface area contributed by atoms with Crippen LogP contribution in [0.4, 0.5) is 0 Å². The van der Waals surface area contributed by atoms with E-state index in [1.54, 1.807) is 31.2 Å². The number of H-pyrrole nitrogens is 1. The Bertz CT molecular complexity index is 1070. The number of ether oxygens (including phenoxy) is 2. The number of nitrogens with one attached hydrogen (secondary N) is 2. The summed E-state index contributed by atoms with van der Waals surface area (Å²) in [5, 5.41) is 0. The van der Waals surface area contributed by atoms with Crippen molar-refractivity contribution in [2.75, 3.05) is 19.0 Å². The predicted octanol–water partition coefficient (Wildman–Crippen LogP) is 0.593. The largest absolute Gasteiger partial charge is 0.481 e. The predicted molar refractivity (Wildman–Crippen MR) is 108 cm³/mol. The third-order valence-corrected chi connectivity index (χ3v) is 5.40. The molecule has 0 unspecified atom stereocenters. The lowest BCUT2D eigenvalue weighted by molar-refractivity contribution is 0.0744. The fourth-order valence-electron chi connectivity index (χ4n) is 2.45. The number of terminal acetylenes is 1. The van der Waals surface area contributed by atoms with Crippen LogP contribution in [0.3, 0.4) is 0 Å². The lowest BCUT2D eigenvalue weighted by Gasteiger charge is -2.15. The van der Waals surface area contributed by atoms with Crippen LogP contribution in [-0.4, -0.2) is 36.9 Å². The highest BCUT2D eigenvalue weighted by Gasteiger charge is 2.16. The fraction of sp³-hybridized carbons (Fsp3) is 0.368. The van der Waals surface area contributed by atoms with Crippen molar-refractivity contribution in [3.8, 4) is 18.1 Å². The molecule has 1 aromatic heterocycles. The molecule has 0 aliphatic rings. The molecule has 10 heteroatoms. The summed E-state index contributed by atoms with van der Waals surface area (Å²) >= 11 is 0. The van der Waals surface area contributed by atoms with Crippen LogP contribution in [0, 0.1) is 12.3 Å². The van der Waals surface area contributed by atoms with Crippen LogP contribution in [-0.2, 0) is 21.5 Å². The van der Waals surface area contributed by atoms with Crippen LogP contribution in [0.25, 0.3) is 0 Å². The summed E-state index contributed by atoms with van der Waals surface area (Å²) in [4.78, 5) is 24.6. The van der Waals surface area contributed by atoms with E-state index in [1.165, 1.54) is 16.8 Å². The summed E-state index contributed by atoms with van der Waals surface area (Å²) in [6.45, 7) is 1.92. The van der Waals surface area contributed by atoms with Gasteiger partial charge in [-0.25, -0.2) is 17.9 Å². The van der Waals surface area contributed by atoms with Gasteiger partial charge in [-0.15, -0.1) is 6.42 Å². The Labute approximate surface area is 168 Å². The Kier molecular flexibility index (Phi) is 8.21. The van der Waals surface area contributed by atoms with Gasteiger partial charge < -0.3 is 9.47 Å². The molecule has 2 aromatic rings. The van der Waals surface area contributed by atoms with E-state index in [4.69, 9.17) is 15.9 Å². The molecule has 2 rings (SSSR count). The van der Waals surface area contributed by atoms with Crippen molar-refractivity contribution >= 4 is 10.0 Å². The standard InChI is InChI=1S/C19H23N3O6S/c1-3-10-28-17-7-4-6-16(13-17)15(2)21-29(25,26)12-5-11-27-14-22-9-8-18(23)20-19(22)24/h1,4,6-9,13,15,21H,5,10-12,14H2,2H3,(H,20,23,24)/t15-/m1/s1. The average Bonchev–Trinajstić information content (AvgIpc) is 2.67. The smallest absolute Gasteiger partial charge is 0.330 e. The highest BCUT2D eigenvalue weighted by Crippen LogP contribution is 2.19. The molecule has 2 N–H and O–H groups in total. The molecule has 0 amide bonds. The van der Waals surface area contributed by atoms with Gasteiger partial charge in [0.15, 0.2) is 0 Å². The summed E-state index contributed by atoms with van der Waals surface area (Å²) < 4.78 is 39.0. The highest BCUT2D eigenvalue weighted by molar-refractivity contribution is 7.89. The molecule has 29 heavy (non-hydrogen) atoms. The lowest BCUT2D eigenvalue weighted by atomic mass is 10.1. The number of benzene rings is 1. The summed E-state index contributed by atoms with van der Waals surface area (Å²) in [7, 11) is -3.54. The first-order valence-corrected chi connectivity index (χ1v) is 10.5. The Balaban J connectivity index is 1.80. The Morgan fingerprint density at radius 1 is 1.31 bits per heavy atom. The van der Waals surface area contributed by atoms with E-state index in [-0.39, 0.29) is 32.1 Å². The molecular formula is C19H23N3O6S. The molecule has 156 valence electrons. The zero-order chi connectivity index (χ0) is 21.3. The minimum atomic E-state index is -3.54. The van der Waals surface area contributed by atoms with Crippen molar-refractivity contribution < 1.29 is 17.9 Å². The number of hydrogen-bond donors (Lipinski definition) is 2. The molecular weight excluding hydrogens is 398 g/mol. The van der Waals surface area contributed by atoms with E-state index in [2.05, 4.69) is 15.6 Å². The van der Waals surface area contributed by atoms with Gasteiger partial charge in [0.1, 0.15) is 19.1 Å². The van der Waals surface area contributed by atoms with Crippen molar-refractivity contribution in [3.63, 3.8) is 0 Å². The third-order valence-electron chi connectivity index (χ3n) is 3.87. The van der Waals surface area contributed by atoms with Gasteiger partial charge in [0.05, 0.1) is 5.75 Å². The van der Waals surface area contributed by atoms with Crippen LogP contribution < -0.4 is 20.7 Å². The summed E-state index contributed by atoms with van der Waals surface area (Å²) in [6, 6.07) is 7.78. The number of rotatable bonds is 11. The molecule has 0 aliphatic carbocycles. The van der Waals surface area contributed by atoms with Gasteiger partial charge in [0, 0.05) is 24.9 Å². The maximum absolute atomic E-state index is 12.3. The fourth-order valence-corrected chi connectivity index (χ4v) is 3.75. The Morgan fingerprint density at radius 3 is 2.83 bits per heavy atom. The molecule has 0 saturated carbocycles. The number of nitrogens with zero attached hydrogens (tertiary/aromatic N) is 1. The van der Waals surface area contributed by atoms with E-state index < -0.39 is 27.3 Å². The van der Waals surface area contributed by atoms with E-state index in [0.29, 0.717) is 5.75 Å². The Hall–Kier alpha value is -2.87. The SMILES string of the molecule is C#CCOc1cccc([C@@H](C)NS(=O)(=O)CCCOCn2ccc(=O)[nH]c2=O)c1. The minimum absolute atomic E-state index is 0.0794. The van der Waals surface area contributed by atoms with Crippen LogP contribution in [0.5, 0.6) is 5.75 Å². The van der Waals surface area contributed by atoms with Gasteiger partial charge in [-0.05, 0) is 31.0 Å². The second-order valence-electron chi connectivity index (χ2n) is 6.19. The molecule has 0 saturated heterocycles. The summed E-state index contributed by atoms with van der Waals surface area (Å²) in [6.07, 6.45) is 6.71. The first kappa shape index (κ1) is 22.4. The monoisotopic (exact) mass is 421 g/mol. The second-order valence-corrected chi connectivity index (χ2v) is 8.07. The molecule has 0 bridgehead atoms. The van der Waals surface area contributed by atoms with Gasteiger partial charge in [0.2, 0.25) is 10.0 Å². The van der Waals surface area contributed by atoms with Gasteiger partial charge in [-0.3, -0.25) is 14.3 Å². The number of hydrogen-bond acceptors (Lipinski definition) is 6. The second kappa shape index (κ2) is 10.6. The first-order valence-electron chi connectivity index (χ1n) is 8.84. The van der Waals surface area contributed by atoms with Crippen LogP contribution in [0.15, 0.2) is 46.1 Å². The topological polar surface area (TPSA) is 119 Å². The molecule has 9 nitrogen and oxygen atoms in total. The molecule has 0 spiro atoms. The molecule has 0 fully saturated rings. The maximum atomic E-state index is 12.3. The average molecular weight is 421 g/mol. The van der Waals surface area contributed by atoms with Crippen LogP contribution in [0.1, 0.15) is 24.9 Å². The van der Waals surface area contributed by atoms with Gasteiger partial charge >= 0.3 is 5.69 Å². The molecule has 0 radical (unpaired) electrons. The zero-order valence-electron chi connectivity index (χ0n) is 16.0. The molecule has 0 aliphatic heterocycles. The normalized spacial score (nSPS) is 12.3. The van der Waals surface area contributed by atoms with Crippen LogP contribution in [0.2, 0.25) is 0 Å². The third kappa shape index (κ3) is 7.57. The van der Waals surface area contributed by atoms with Crippen molar-refractivity contribution in [2.24, 2.45) is 0 Å². The van der Waals surface area contributed by atoms with Gasteiger partial charge in [-0.2, -0.15) is 0 Å². The first-order chi connectivity index (χ1) is 13.8. The van der Waals surface area contributed by atoms with E-state index in [1.807, 2.05) is 0 Å². The van der Waals surface area contributed by atoms with Crippen molar-refractivity contribution in [1.29, 1.82) is 0 Å². The zero-order valence-corrected chi connectivity index (χ0v) is 16.8. The van der Waals surface area contributed by atoms with E-state index in [0.717, 1.165) is 5.56 Å². The number of aromatic nitrogens is 2. The molecule has 1 atom stereocenters. The van der Waals surface area contributed by atoms with E-state index in [9.17, 15) is 18.0 Å². The summed E-state index contributed by atoms with van der Waals surface area (Å²) in [5.41, 5.74) is -0.337. The number of aromatic amines is 1. The maximum Gasteiger partial charge on any atom is 0.330 e. The Morgan fingerprint density at radius 2 is 2.10 bits per heavy atom. The molecule has 1 heterocycles. The van der Waals surface area contributed by atoms with E-state index >= 15 is 0 Å². The van der Waals surface area contributed by atoms with Crippen molar-refractivity contribution in [1.82, 2.24) is 14.3 Å².